The number of rotatable bonds is 8. The van der Waals surface area contributed by atoms with Gasteiger partial charge in [-0.25, -0.2) is 12.8 Å². The molecule has 1 aliphatic rings. The van der Waals surface area contributed by atoms with Gasteiger partial charge in [0.05, 0.1) is 6.20 Å². The minimum Gasteiger partial charge on any atom is -0.355 e. The highest BCUT2D eigenvalue weighted by Crippen LogP contribution is 2.34. The maximum Gasteiger partial charge on any atom is 0.264 e. The maximum atomic E-state index is 13.3. The minimum atomic E-state index is -3.79. The van der Waals surface area contributed by atoms with Gasteiger partial charge in [-0.3, -0.25) is 4.90 Å². The summed E-state index contributed by atoms with van der Waals surface area (Å²) in [7, 11) is -2.20. The Morgan fingerprint density at radius 2 is 1.94 bits per heavy atom. The molecule has 0 aliphatic carbocycles. The van der Waals surface area contributed by atoms with E-state index in [0.29, 0.717) is 30.3 Å². The topological polar surface area (TPSA) is 107 Å². The van der Waals surface area contributed by atoms with Crippen LogP contribution in [0.5, 0.6) is 0 Å². The Bertz CT molecular complexity index is 1340. The molecule has 0 amide bonds. The molecule has 1 aromatic heterocycles. The summed E-state index contributed by atoms with van der Waals surface area (Å²) in [5.74, 6) is 0.0838. The lowest BCUT2D eigenvalue weighted by Gasteiger charge is -2.42. The van der Waals surface area contributed by atoms with E-state index < -0.39 is 10.0 Å². The molecule has 1 unspecified atom stereocenters. The van der Waals surface area contributed by atoms with Crippen LogP contribution in [0.1, 0.15) is 36.6 Å². The fourth-order valence-electron chi connectivity index (χ4n) is 4.59. The van der Waals surface area contributed by atoms with Crippen LogP contribution in [-0.4, -0.2) is 65.0 Å². The van der Waals surface area contributed by atoms with Crippen molar-refractivity contribution in [2.24, 2.45) is 13.0 Å². The van der Waals surface area contributed by atoms with E-state index in [4.69, 9.17) is 5.41 Å². The van der Waals surface area contributed by atoms with Gasteiger partial charge in [-0.1, -0.05) is 13.8 Å². The summed E-state index contributed by atoms with van der Waals surface area (Å²) < 4.78 is 41.4. The van der Waals surface area contributed by atoms with Gasteiger partial charge in [-0.15, -0.1) is 5.10 Å². The smallest absolute Gasteiger partial charge is 0.264 e. The van der Waals surface area contributed by atoms with E-state index in [2.05, 4.69) is 34.3 Å². The Labute approximate surface area is 211 Å². The molecule has 1 aliphatic heterocycles. The summed E-state index contributed by atoms with van der Waals surface area (Å²) in [6, 6.07) is 9.77. The van der Waals surface area contributed by atoms with Crippen LogP contribution in [0.25, 0.3) is 0 Å². The van der Waals surface area contributed by atoms with E-state index in [1.165, 1.54) is 33.6 Å². The van der Waals surface area contributed by atoms with Crippen molar-refractivity contribution in [2.75, 3.05) is 31.5 Å². The summed E-state index contributed by atoms with van der Waals surface area (Å²) >= 11 is 0. The fraction of sp³-hybridized carbons (Fsp3) is 0.400. The van der Waals surface area contributed by atoms with Crippen molar-refractivity contribution in [3.63, 3.8) is 0 Å². The summed E-state index contributed by atoms with van der Waals surface area (Å²) in [6.07, 6.45) is 2.55. The molecule has 1 fully saturated rings. The standard InChI is InChI=1S/C25H32FN7O2S/c1-17(2)15-32-9-10-33(36(34,35)25-14-28-31(4)30-25)16-24(32)22-12-19(13-27)23(11-18(22)3)29-21-7-5-20(26)6-8-21/h5-8,11-14,17,24,27,29H,9-10,15-16H2,1-4H3. The zero-order chi connectivity index (χ0) is 26.0. The number of piperazine rings is 1. The third-order valence-electron chi connectivity index (χ3n) is 6.31. The largest absolute Gasteiger partial charge is 0.355 e. The van der Waals surface area contributed by atoms with E-state index >= 15 is 0 Å². The van der Waals surface area contributed by atoms with Gasteiger partial charge in [0.2, 0.25) is 5.03 Å². The summed E-state index contributed by atoms with van der Waals surface area (Å²) in [6.45, 7) is 8.31. The molecule has 0 radical (unpaired) electrons. The first kappa shape index (κ1) is 25.9. The first-order valence-corrected chi connectivity index (χ1v) is 13.3. The van der Waals surface area contributed by atoms with Gasteiger partial charge in [-0.2, -0.15) is 14.2 Å². The van der Waals surface area contributed by atoms with Crippen LogP contribution in [0.15, 0.2) is 47.6 Å². The number of benzene rings is 2. The van der Waals surface area contributed by atoms with Gasteiger partial charge in [0, 0.05) is 62.4 Å². The van der Waals surface area contributed by atoms with Crippen LogP contribution in [0.2, 0.25) is 0 Å². The van der Waals surface area contributed by atoms with E-state index in [-0.39, 0.29) is 23.4 Å². The predicted molar refractivity (Wildman–Crippen MR) is 138 cm³/mol. The fourth-order valence-corrected chi connectivity index (χ4v) is 5.92. The average Bonchev–Trinajstić information content (AvgIpc) is 3.28. The van der Waals surface area contributed by atoms with E-state index in [1.54, 1.807) is 19.2 Å². The van der Waals surface area contributed by atoms with Crippen LogP contribution in [0.4, 0.5) is 15.8 Å². The zero-order valence-corrected chi connectivity index (χ0v) is 21.8. The first-order valence-electron chi connectivity index (χ1n) is 11.9. The van der Waals surface area contributed by atoms with Gasteiger partial charge >= 0.3 is 0 Å². The molecule has 36 heavy (non-hydrogen) atoms. The maximum absolute atomic E-state index is 13.3. The van der Waals surface area contributed by atoms with Crippen LogP contribution < -0.4 is 5.32 Å². The lowest BCUT2D eigenvalue weighted by molar-refractivity contribution is 0.105. The molecule has 0 spiro atoms. The second kappa shape index (κ2) is 10.5. The van der Waals surface area contributed by atoms with Gasteiger partial charge in [0.1, 0.15) is 5.82 Å². The Kier molecular flexibility index (Phi) is 7.53. The number of hydrogen-bond acceptors (Lipinski definition) is 7. The number of sulfonamides is 1. The van der Waals surface area contributed by atoms with Crippen LogP contribution in [0.3, 0.4) is 0 Å². The molecule has 192 valence electrons. The Morgan fingerprint density at radius 1 is 1.22 bits per heavy atom. The molecule has 4 rings (SSSR count). The normalized spacial score (nSPS) is 17.4. The Morgan fingerprint density at radius 3 is 2.56 bits per heavy atom. The van der Waals surface area contributed by atoms with Crippen molar-refractivity contribution in [1.29, 1.82) is 5.41 Å². The van der Waals surface area contributed by atoms with Crippen molar-refractivity contribution in [2.45, 2.75) is 31.8 Å². The third kappa shape index (κ3) is 5.48. The third-order valence-corrected chi connectivity index (χ3v) is 8.04. The average molecular weight is 514 g/mol. The van der Waals surface area contributed by atoms with Crippen molar-refractivity contribution >= 4 is 27.6 Å². The van der Waals surface area contributed by atoms with E-state index in [1.807, 2.05) is 19.1 Å². The van der Waals surface area contributed by atoms with Gasteiger partial charge in [-0.05, 0) is 60.4 Å². The van der Waals surface area contributed by atoms with Crippen LogP contribution in [0, 0.1) is 24.1 Å². The molecule has 1 atom stereocenters. The molecule has 2 N–H and O–H groups in total. The molecule has 2 aromatic carbocycles. The summed E-state index contributed by atoms with van der Waals surface area (Å²) in [5.41, 5.74) is 4.05. The van der Waals surface area contributed by atoms with Crippen LogP contribution >= 0.6 is 0 Å². The molecule has 1 saturated heterocycles. The number of aryl methyl sites for hydroxylation is 2. The second-order valence-electron chi connectivity index (χ2n) is 9.51. The molecular formula is C25H32FN7O2S. The number of aromatic nitrogens is 3. The summed E-state index contributed by atoms with van der Waals surface area (Å²) in [4.78, 5) is 3.56. The quantitative estimate of drug-likeness (QED) is 0.445. The molecule has 0 bridgehead atoms. The minimum absolute atomic E-state index is 0.0585. The number of halogens is 1. The first-order chi connectivity index (χ1) is 17.1. The number of nitrogens with one attached hydrogen (secondary N) is 2. The zero-order valence-electron chi connectivity index (χ0n) is 20.9. The molecular weight excluding hydrogens is 481 g/mol. The SMILES string of the molecule is Cc1cc(Nc2ccc(F)cc2)c(C=N)cc1C1CN(S(=O)(=O)c2cnn(C)n2)CCN1CC(C)C. The lowest BCUT2D eigenvalue weighted by Crippen LogP contribution is -2.51. The van der Waals surface area contributed by atoms with Crippen molar-refractivity contribution in [1.82, 2.24) is 24.2 Å². The van der Waals surface area contributed by atoms with Crippen molar-refractivity contribution < 1.29 is 12.8 Å². The van der Waals surface area contributed by atoms with E-state index in [9.17, 15) is 12.8 Å². The van der Waals surface area contributed by atoms with Crippen LogP contribution in [-0.2, 0) is 17.1 Å². The molecule has 9 nitrogen and oxygen atoms in total. The van der Waals surface area contributed by atoms with Crippen molar-refractivity contribution in [3.8, 4) is 0 Å². The van der Waals surface area contributed by atoms with E-state index in [0.717, 1.165) is 23.4 Å². The number of nitrogens with zero attached hydrogens (tertiary/aromatic N) is 5. The molecule has 3 aromatic rings. The summed E-state index contributed by atoms with van der Waals surface area (Å²) in [5, 5.41) is 19.2. The molecule has 11 heteroatoms. The number of hydrogen-bond donors (Lipinski definition) is 2. The monoisotopic (exact) mass is 513 g/mol. The highest BCUT2D eigenvalue weighted by molar-refractivity contribution is 7.89. The molecule has 0 saturated carbocycles. The van der Waals surface area contributed by atoms with Gasteiger partial charge in [0.15, 0.2) is 0 Å². The van der Waals surface area contributed by atoms with Gasteiger partial charge < -0.3 is 10.7 Å². The Balaban J connectivity index is 1.69. The number of anilines is 2. The highest BCUT2D eigenvalue weighted by Gasteiger charge is 2.37. The highest BCUT2D eigenvalue weighted by atomic mass is 32.2. The Hall–Kier alpha value is -3.15. The second-order valence-corrected chi connectivity index (χ2v) is 11.4. The predicted octanol–water partition coefficient (Wildman–Crippen LogP) is 3.71. The van der Waals surface area contributed by atoms with Crippen molar-refractivity contribution in [3.05, 3.63) is 65.1 Å². The molecule has 2 heterocycles. The van der Waals surface area contributed by atoms with Gasteiger partial charge in [0.25, 0.3) is 10.0 Å². The lowest BCUT2D eigenvalue weighted by atomic mass is 9.94.